The average Bonchev–Trinajstić information content (AvgIpc) is 2.53. The second kappa shape index (κ2) is 7.72. The summed E-state index contributed by atoms with van der Waals surface area (Å²) in [6, 6.07) is 7.82. The van der Waals surface area contributed by atoms with E-state index < -0.39 is 0 Å². The third-order valence-corrected chi connectivity index (χ3v) is 3.41. The zero-order valence-electron chi connectivity index (χ0n) is 14.1. The molecule has 1 aromatic carbocycles. The van der Waals surface area contributed by atoms with E-state index in [4.69, 9.17) is 0 Å². The van der Waals surface area contributed by atoms with E-state index in [9.17, 15) is 4.79 Å². The number of nitrogens with one attached hydrogen (secondary N) is 2. The first-order valence-electron chi connectivity index (χ1n) is 7.93. The van der Waals surface area contributed by atoms with E-state index in [1.807, 2.05) is 24.3 Å². The Balaban J connectivity index is 2.06. The number of benzene rings is 1. The number of aromatic nitrogens is 2. The molecular weight excluding hydrogens is 288 g/mol. The molecule has 0 atom stereocenters. The van der Waals surface area contributed by atoms with Crippen molar-refractivity contribution in [2.24, 2.45) is 5.92 Å². The molecule has 0 aliphatic rings. The van der Waals surface area contributed by atoms with Crippen LogP contribution in [0.4, 0.5) is 11.6 Å². The summed E-state index contributed by atoms with van der Waals surface area (Å²) in [5.74, 6) is 1.19. The van der Waals surface area contributed by atoms with Crippen molar-refractivity contribution < 1.29 is 4.79 Å². The van der Waals surface area contributed by atoms with Crippen LogP contribution in [0.3, 0.4) is 0 Å². The Labute approximate surface area is 137 Å². The Bertz CT molecular complexity index is 650. The van der Waals surface area contributed by atoms with Gasteiger partial charge in [-0.15, -0.1) is 0 Å². The number of carbonyl (C=O) groups excluding carboxylic acids is 1. The Morgan fingerprint density at radius 2 is 1.74 bits per heavy atom. The maximum atomic E-state index is 12.4. The van der Waals surface area contributed by atoms with Gasteiger partial charge in [-0.25, -0.2) is 9.97 Å². The normalized spacial score (nSPS) is 10.9. The molecule has 2 rings (SSSR count). The molecule has 1 aromatic heterocycles. The van der Waals surface area contributed by atoms with Crippen LogP contribution in [0, 0.1) is 5.92 Å². The Kier molecular flexibility index (Phi) is 5.68. The highest BCUT2D eigenvalue weighted by molar-refractivity contribution is 6.04. The quantitative estimate of drug-likeness (QED) is 0.848. The van der Waals surface area contributed by atoms with Crippen molar-refractivity contribution in [1.82, 2.24) is 9.97 Å². The van der Waals surface area contributed by atoms with Gasteiger partial charge in [-0.3, -0.25) is 4.79 Å². The van der Waals surface area contributed by atoms with Crippen LogP contribution < -0.4 is 10.6 Å². The Morgan fingerprint density at radius 1 is 1.09 bits per heavy atom. The lowest BCUT2D eigenvalue weighted by Gasteiger charge is -2.13. The second-order valence-corrected chi connectivity index (χ2v) is 6.27. The molecule has 1 amide bonds. The van der Waals surface area contributed by atoms with Gasteiger partial charge in [-0.2, -0.15) is 0 Å². The second-order valence-electron chi connectivity index (χ2n) is 6.27. The van der Waals surface area contributed by atoms with Crippen LogP contribution in [0.25, 0.3) is 0 Å². The number of nitrogens with zero attached hydrogens (tertiary/aromatic N) is 2. The highest BCUT2D eigenvalue weighted by Gasteiger charge is 2.11. The molecular formula is C18H24N4O. The SMILES string of the molecule is CC(C)CNc1ncc(C(=O)Nc2ccccc2C(C)C)cn1. The lowest BCUT2D eigenvalue weighted by Crippen LogP contribution is -2.15. The summed E-state index contributed by atoms with van der Waals surface area (Å²) in [5.41, 5.74) is 2.38. The van der Waals surface area contributed by atoms with Gasteiger partial charge in [0, 0.05) is 24.6 Å². The standard InChI is InChI=1S/C18H24N4O/c1-12(2)9-19-18-20-10-14(11-21-18)17(23)22-16-8-6-5-7-15(16)13(3)4/h5-8,10-13H,9H2,1-4H3,(H,22,23)(H,19,20,21). The van der Waals surface area contributed by atoms with Crippen molar-refractivity contribution in [3.05, 3.63) is 47.8 Å². The monoisotopic (exact) mass is 312 g/mol. The van der Waals surface area contributed by atoms with Gasteiger partial charge in [-0.1, -0.05) is 45.9 Å². The van der Waals surface area contributed by atoms with Crippen LogP contribution in [-0.4, -0.2) is 22.4 Å². The molecule has 0 fully saturated rings. The fourth-order valence-corrected chi connectivity index (χ4v) is 2.14. The Morgan fingerprint density at radius 3 is 2.35 bits per heavy atom. The first kappa shape index (κ1) is 16.9. The van der Waals surface area contributed by atoms with Crippen molar-refractivity contribution >= 4 is 17.5 Å². The summed E-state index contributed by atoms with van der Waals surface area (Å²) in [5, 5.41) is 6.07. The third kappa shape index (κ3) is 4.77. The van der Waals surface area contributed by atoms with Crippen LogP contribution in [0.15, 0.2) is 36.7 Å². The largest absolute Gasteiger partial charge is 0.354 e. The van der Waals surface area contributed by atoms with Crippen molar-refractivity contribution in [2.75, 3.05) is 17.2 Å². The summed E-state index contributed by atoms with van der Waals surface area (Å²) < 4.78 is 0. The number of hydrogen-bond acceptors (Lipinski definition) is 4. The maximum absolute atomic E-state index is 12.4. The molecule has 2 N–H and O–H groups in total. The summed E-state index contributed by atoms with van der Waals surface area (Å²) in [6.07, 6.45) is 3.09. The van der Waals surface area contributed by atoms with Crippen LogP contribution in [0.5, 0.6) is 0 Å². The summed E-state index contributed by atoms with van der Waals surface area (Å²) in [7, 11) is 0. The zero-order chi connectivity index (χ0) is 16.8. The minimum absolute atomic E-state index is 0.200. The molecule has 0 bridgehead atoms. The molecule has 1 heterocycles. The van der Waals surface area contributed by atoms with Crippen molar-refractivity contribution in [3.8, 4) is 0 Å². The van der Waals surface area contributed by atoms with E-state index in [2.05, 4.69) is 48.3 Å². The Hall–Kier alpha value is -2.43. The van der Waals surface area contributed by atoms with Gasteiger partial charge in [0.2, 0.25) is 5.95 Å². The summed E-state index contributed by atoms with van der Waals surface area (Å²) in [4.78, 5) is 20.7. The minimum Gasteiger partial charge on any atom is -0.354 e. The van der Waals surface area contributed by atoms with Crippen LogP contribution >= 0.6 is 0 Å². The first-order chi connectivity index (χ1) is 11.0. The van der Waals surface area contributed by atoms with Gasteiger partial charge in [-0.05, 0) is 23.5 Å². The fourth-order valence-electron chi connectivity index (χ4n) is 2.14. The predicted molar refractivity (Wildman–Crippen MR) is 93.8 cm³/mol. The van der Waals surface area contributed by atoms with Gasteiger partial charge in [0.25, 0.3) is 5.91 Å². The topological polar surface area (TPSA) is 66.9 Å². The van der Waals surface area contributed by atoms with Crippen LogP contribution in [0.2, 0.25) is 0 Å². The lowest BCUT2D eigenvalue weighted by atomic mass is 10.0. The molecule has 0 aliphatic heterocycles. The van der Waals surface area contributed by atoms with Crippen molar-refractivity contribution in [2.45, 2.75) is 33.6 Å². The van der Waals surface area contributed by atoms with E-state index in [0.717, 1.165) is 17.8 Å². The molecule has 5 nitrogen and oxygen atoms in total. The number of rotatable bonds is 6. The number of anilines is 2. The molecule has 23 heavy (non-hydrogen) atoms. The average molecular weight is 312 g/mol. The van der Waals surface area contributed by atoms with Gasteiger partial charge < -0.3 is 10.6 Å². The minimum atomic E-state index is -0.200. The molecule has 2 aromatic rings. The smallest absolute Gasteiger partial charge is 0.258 e. The lowest BCUT2D eigenvalue weighted by molar-refractivity contribution is 0.102. The van der Waals surface area contributed by atoms with E-state index in [0.29, 0.717) is 23.3 Å². The van der Waals surface area contributed by atoms with E-state index in [1.54, 1.807) is 12.4 Å². The zero-order valence-corrected chi connectivity index (χ0v) is 14.1. The molecule has 0 unspecified atom stereocenters. The van der Waals surface area contributed by atoms with Gasteiger partial charge in [0.05, 0.1) is 5.56 Å². The number of para-hydroxylation sites is 1. The summed E-state index contributed by atoms with van der Waals surface area (Å²) in [6.45, 7) is 9.22. The van der Waals surface area contributed by atoms with Gasteiger partial charge in [0.15, 0.2) is 0 Å². The van der Waals surface area contributed by atoms with E-state index in [1.165, 1.54) is 0 Å². The van der Waals surface area contributed by atoms with Crippen LogP contribution in [0.1, 0.15) is 49.5 Å². The summed E-state index contributed by atoms with van der Waals surface area (Å²) >= 11 is 0. The molecule has 0 saturated heterocycles. The predicted octanol–water partition coefficient (Wildman–Crippen LogP) is 3.92. The third-order valence-electron chi connectivity index (χ3n) is 3.41. The van der Waals surface area contributed by atoms with Crippen LogP contribution in [-0.2, 0) is 0 Å². The van der Waals surface area contributed by atoms with Gasteiger partial charge in [0.1, 0.15) is 0 Å². The molecule has 0 saturated carbocycles. The van der Waals surface area contributed by atoms with E-state index in [-0.39, 0.29) is 5.91 Å². The number of hydrogen-bond donors (Lipinski definition) is 2. The number of carbonyl (C=O) groups is 1. The molecule has 122 valence electrons. The highest BCUT2D eigenvalue weighted by Crippen LogP contribution is 2.24. The van der Waals surface area contributed by atoms with Crippen molar-refractivity contribution in [3.63, 3.8) is 0 Å². The fraction of sp³-hybridized carbons (Fsp3) is 0.389. The molecule has 0 spiro atoms. The van der Waals surface area contributed by atoms with Gasteiger partial charge >= 0.3 is 0 Å². The molecule has 0 radical (unpaired) electrons. The highest BCUT2D eigenvalue weighted by atomic mass is 16.1. The molecule has 5 heteroatoms. The van der Waals surface area contributed by atoms with E-state index >= 15 is 0 Å². The maximum Gasteiger partial charge on any atom is 0.258 e. The van der Waals surface area contributed by atoms with Crippen molar-refractivity contribution in [1.29, 1.82) is 0 Å². The number of amides is 1. The first-order valence-corrected chi connectivity index (χ1v) is 7.93. The molecule has 0 aliphatic carbocycles.